The second kappa shape index (κ2) is 8.76. The molecule has 148 valence electrons. The van der Waals surface area contributed by atoms with Crippen LogP contribution in [0.15, 0.2) is 48.7 Å². The van der Waals surface area contributed by atoms with E-state index in [1.807, 2.05) is 17.0 Å². The topological polar surface area (TPSA) is 36.4 Å². The van der Waals surface area contributed by atoms with Crippen molar-refractivity contribution in [2.45, 2.75) is 51.5 Å². The summed E-state index contributed by atoms with van der Waals surface area (Å²) in [7, 11) is 0. The Morgan fingerprint density at radius 1 is 1.04 bits per heavy atom. The van der Waals surface area contributed by atoms with Gasteiger partial charge in [0.05, 0.1) is 5.56 Å². The van der Waals surface area contributed by atoms with Crippen LogP contribution in [0.2, 0.25) is 0 Å². The summed E-state index contributed by atoms with van der Waals surface area (Å²) in [6.07, 6.45) is 8.79. The number of amides is 1. The number of hydrogen-bond donors (Lipinski definition) is 0. The molecule has 28 heavy (non-hydrogen) atoms. The molecule has 0 aliphatic carbocycles. The van der Waals surface area contributed by atoms with Crippen molar-refractivity contribution < 1.29 is 4.79 Å². The van der Waals surface area contributed by atoms with Gasteiger partial charge in [-0.25, -0.2) is 4.98 Å². The van der Waals surface area contributed by atoms with Gasteiger partial charge in [-0.1, -0.05) is 30.3 Å². The van der Waals surface area contributed by atoms with E-state index in [1.165, 1.54) is 24.8 Å². The monoisotopic (exact) mass is 377 g/mol. The zero-order valence-corrected chi connectivity index (χ0v) is 16.9. The van der Waals surface area contributed by atoms with E-state index >= 15 is 0 Å². The maximum Gasteiger partial charge on any atom is 0.255 e. The molecule has 2 aliphatic heterocycles. The van der Waals surface area contributed by atoms with E-state index in [0.717, 1.165) is 56.2 Å². The van der Waals surface area contributed by atoms with Crippen molar-refractivity contribution in [3.8, 4) is 0 Å². The van der Waals surface area contributed by atoms with Crippen LogP contribution in [0.3, 0.4) is 0 Å². The van der Waals surface area contributed by atoms with Gasteiger partial charge in [-0.2, -0.15) is 0 Å². The minimum Gasteiger partial charge on any atom is -0.354 e. The molecule has 4 nitrogen and oxygen atoms in total. The zero-order valence-electron chi connectivity index (χ0n) is 16.9. The first-order valence-electron chi connectivity index (χ1n) is 10.8. The van der Waals surface area contributed by atoms with Gasteiger partial charge in [-0.05, 0) is 69.1 Å². The third-order valence-corrected chi connectivity index (χ3v) is 6.43. The SMILES string of the molecule is C[C@@H]1CCCN1c1ccc(C(=O)N2CCC(CCc3ccccc3)CC2)cn1. The van der Waals surface area contributed by atoms with E-state index < -0.39 is 0 Å². The second-order valence-electron chi connectivity index (χ2n) is 8.35. The average molecular weight is 378 g/mol. The Hall–Kier alpha value is -2.36. The predicted molar refractivity (Wildman–Crippen MR) is 114 cm³/mol. The summed E-state index contributed by atoms with van der Waals surface area (Å²) < 4.78 is 0. The molecule has 2 saturated heterocycles. The number of likely N-dealkylation sites (tertiary alicyclic amines) is 1. The van der Waals surface area contributed by atoms with Crippen molar-refractivity contribution in [1.29, 1.82) is 0 Å². The minimum absolute atomic E-state index is 0.134. The molecule has 4 rings (SSSR count). The Kier molecular flexibility index (Phi) is 5.94. The molecule has 2 aromatic rings. The minimum atomic E-state index is 0.134. The summed E-state index contributed by atoms with van der Waals surface area (Å²) in [6, 6.07) is 15.2. The molecular formula is C24H31N3O. The van der Waals surface area contributed by atoms with Crippen molar-refractivity contribution in [2.75, 3.05) is 24.5 Å². The van der Waals surface area contributed by atoms with Crippen molar-refractivity contribution in [2.24, 2.45) is 5.92 Å². The molecule has 0 spiro atoms. The summed E-state index contributed by atoms with van der Waals surface area (Å²) in [5.74, 6) is 1.86. The number of rotatable bonds is 5. The van der Waals surface area contributed by atoms with Gasteiger partial charge in [0, 0.05) is 31.9 Å². The highest BCUT2D eigenvalue weighted by molar-refractivity contribution is 5.94. The molecule has 0 unspecified atom stereocenters. The van der Waals surface area contributed by atoms with Crippen LogP contribution in [0.5, 0.6) is 0 Å². The third kappa shape index (κ3) is 4.37. The number of hydrogen-bond acceptors (Lipinski definition) is 3. The van der Waals surface area contributed by atoms with Crippen LogP contribution in [-0.2, 0) is 6.42 Å². The zero-order chi connectivity index (χ0) is 19.3. The van der Waals surface area contributed by atoms with Crippen LogP contribution < -0.4 is 4.90 Å². The number of nitrogens with zero attached hydrogens (tertiary/aromatic N) is 3. The molecule has 1 atom stereocenters. The molecule has 0 bridgehead atoms. The van der Waals surface area contributed by atoms with Gasteiger partial charge in [0.25, 0.3) is 5.91 Å². The van der Waals surface area contributed by atoms with Gasteiger partial charge >= 0.3 is 0 Å². The lowest BCUT2D eigenvalue weighted by atomic mass is 9.90. The van der Waals surface area contributed by atoms with Gasteiger partial charge in [-0.15, -0.1) is 0 Å². The smallest absolute Gasteiger partial charge is 0.255 e. The van der Waals surface area contributed by atoms with Crippen molar-refractivity contribution in [1.82, 2.24) is 9.88 Å². The van der Waals surface area contributed by atoms with Crippen LogP contribution >= 0.6 is 0 Å². The molecule has 3 heterocycles. The number of aryl methyl sites for hydroxylation is 1. The third-order valence-electron chi connectivity index (χ3n) is 6.43. The Bertz CT molecular complexity index is 766. The van der Waals surface area contributed by atoms with Crippen molar-refractivity contribution in [3.05, 3.63) is 59.8 Å². The number of anilines is 1. The van der Waals surface area contributed by atoms with Gasteiger partial charge in [0.2, 0.25) is 0 Å². The van der Waals surface area contributed by atoms with E-state index in [9.17, 15) is 4.79 Å². The van der Waals surface area contributed by atoms with Crippen molar-refractivity contribution >= 4 is 11.7 Å². The second-order valence-corrected chi connectivity index (χ2v) is 8.35. The fourth-order valence-electron chi connectivity index (χ4n) is 4.58. The van der Waals surface area contributed by atoms with Crippen LogP contribution in [-0.4, -0.2) is 41.5 Å². The van der Waals surface area contributed by atoms with Crippen molar-refractivity contribution in [3.63, 3.8) is 0 Å². The van der Waals surface area contributed by atoms with E-state index in [-0.39, 0.29) is 5.91 Å². The molecular weight excluding hydrogens is 346 g/mol. The molecule has 1 aromatic carbocycles. The lowest BCUT2D eigenvalue weighted by Crippen LogP contribution is -2.38. The maximum absolute atomic E-state index is 12.9. The number of piperidine rings is 1. The molecule has 2 fully saturated rings. The maximum atomic E-state index is 12.9. The summed E-state index contributed by atoms with van der Waals surface area (Å²) in [6.45, 7) is 5.04. The summed E-state index contributed by atoms with van der Waals surface area (Å²) in [4.78, 5) is 21.8. The number of carbonyl (C=O) groups is 1. The number of pyridine rings is 1. The Morgan fingerprint density at radius 3 is 2.46 bits per heavy atom. The summed E-state index contributed by atoms with van der Waals surface area (Å²) in [5, 5.41) is 0. The van der Waals surface area contributed by atoms with Crippen LogP contribution in [0.4, 0.5) is 5.82 Å². The first-order valence-corrected chi connectivity index (χ1v) is 10.8. The van der Waals surface area contributed by atoms with Crippen LogP contribution in [0, 0.1) is 5.92 Å². The normalized spacial score (nSPS) is 20.5. The fourth-order valence-corrected chi connectivity index (χ4v) is 4.58. The Morgan fingerprint density at radius 2 is 1.82 bits per heavy atom. The highest BCUT2D eigenvalue weighted by Gasteiger charge is 2.25. The Balaban J connectivity index is 1.28. The molecule has 0 radical (unpaired) electrons. The molecule has 4 heteroatoms. The highest BCUT2D eigenvalue weighted by Crippen LogP contribution is 2.25. The van der Waals surface area contributed by atoms with Gasteiger partial charge in [0.1, 0.15) is 5.82 Å². The average Bonchev–Trinajstić information content (AvgIpc) is 3.19. The van der Waals surface area contributed by atoms with Crippen LogP contribution in [0.25, 0.3) is 0 Å². The van der Waals surface area contributed by atoms with E-state index in [4.69, 9.17) is 0 Å². The fraction of sp³-hybridized carbons (Fsp3) is 0.500. The van der Waals surface area contributed by atoms with E-state index in [2.05, 4.69) is 47.1 Å². The lowest BCUT2D eigenvalue weighted by molar-refractivity contribution is 0.0686. The first kappa shape index (κ1) is 19.0. The molecule has 0 saturated carbocycles. The Labute approximate surface area is 168 Å². The molecule has 1 amide bonds. The molecule has 1 aromatic heterocycles. The predicted octanol–water partition coefficient (Wildman–Crippen LogP) is 4.56. The van der Waals surface area contributed by atoms with Gasteiger partial charge < -0.3 is 9.80 Å². The molecule has 0 N–H and O–H groups in total. The number of aromatic nitrogens is 1. The van der Waals surface area contributed by atoms with Crippen LogP contribution in [0.1, 0.15) is 54.9 Å². The summed E-state index contributed by atoms with van der Waals surface area (Å²) in [5.41, 5.74) is 2.14. The van der Waals surface area contributed by atoms with E-state index in [0.29, 0.717) is 6.04 Å². The van der Waals surface area contributed by atoms with E-state index in [1.54, 1.807) is 6.20 Å². The quantitative estimate of drug-likeness (QED) is 0.767. The molecule has 2 aliphatic rings. The van der Waals surface area contributed by atoms with Gasteiger partial charge in [0.15, 0.2) is 0 Å². The lowest BCUT2D eigenvalue weighted by Gasteiger charge is -2.32. The number of carbonyl (C=O) groups excluding carboxylic acids is 1. The standard InChI is InChI=1S/C24H31N3O/c1-19-6-5-15-27(19)23-12-11-22(18-25-23)24(28)26-16-13-21(14-17-26)10-9-20-7-3-2-4-8-20/h2-4,7-8,11-12,18-19,21H,5-6,9-10,13-17H2,1H3/t19-/m1/s1. The highest BCUT2D eigenvalue weighted by atomic mass is 16.2. The first-order chi connectivity index (χ1) is 13.7. The largest absolute Gasteiger partial charge is 0.354 e. The summed E-state index contributed by atoms with van der Waals surface area (Å²) >= 11 is 0. The van der Waals surface area contributed by atoms with Gasteiger partial charge in [-0.3, -0.25) is 4.79 Å². The number of benzene rings is 1.